The first kappa shape index (κ1) is 20.5. The van der Waals surface area contributed by atoms with Gasteiger partial charge in [-0.05, 0) is 61.5 Å². The van der Waals surface area contributed by atoms with Crippen molar-refractivity contribution < 1.29 is 27.5 Å². The van der Waals surface area contributed by atoms with Gasteiger partial charge in [-0.3, -0.25) is 9.59 Å². The van der Waals surface area contributed by atoms with Gasteiger partial charge in [-0.25, -0.2) is 0 Å². The summed E-state index contributed by atoms with van der Waals surface area (Å²) < 4.78 is 44.0. The van der Waals surface area contributed by atoms with E-state index in [9.17, 15) is 22.8 Å². The van der Waals surface area contributed by atoms with Crippen molar-refractivity contribution in [3.8, 4) is 11.5 Å². The molecule has 0 fully saturated rings. The van der Waals surface area contributed by atoms with E-state index in [-0.39, 0.29) is 17.0 Å². The summed E-state index contributed by atoms with van der Waals surface area (Å²) >= 11 is 0. The zero-order chi connectivity index (χ0) is 22.2. The van der Waals surface area contributed by atoms with Crippen LogP contribution in [0, 0.1) is 0 Å². The fourth-order valence-electron chi connectivity index (χ4n) is 3.33. The highest BCUT2D eigenvalue weighted by molar-refractivity contribution is 6.11. The van der Waals surface area contributed by atoms with E-state index < -0.39 is 17.6 Å². The first-order valence-electron chi connectivity index (χ1n) is 9.49. The number of alkyl halides is 3. The molecule has 3 aromatic rings. The topological polar surface area (TPSA) is 58.6 Å². The van der Waals surface area contributed by atoms with E-state index in [2.05, 4.69) is 5.32 Å². The molecule has 1 N–H and O–H groups in total. The summed E-state index contributed by atoms with van der Waals surface area (Å²) in [5.41, 5.74) is 0.455. The Kier molecular flexibility index (Phi) is 5.14. The molecule has 0 unspecified atom stereocenters. The van der Waals surface area contributed by atoms with E-state index in [1.165, 1.54) is 6.07 Å². The van der Waals surface area contributed by atoms with Gasteiger partial charge in [0.15, 0.2) is 5.75 Å². The second kappa shape index (κ2) is 7.79. The second-order valence-electron chi connectivity index (χ2n) is 6.86. The average molecular weight is 426 g/mol. The number of carbonyl (C=O) groups is 2. The van der Waals surface area contributed by atoms with Crippen LogP contribution in [-0.2, 0) is 6.18 Å². The molecule has 31 heavy (non-hydrogen) atoms. The Hall–Kier alpha value is -3.81. The van der Waals surface area contributed by atoms with Crippen LogP contribution in [0.15, 0.2) is 66.7 Å². The zero-order valence-corrected chi connectivity index (χ0v) is 16.4. The molecule has 0 radical (unpaired) electrons. The molecule has 1 aliphatic rings. The van der Waals surface area contributed by atoms with Crippen LogP contribution in [0.3, 0.4) is 0 Å². The molecular weight excluding hydrogens is 409 g/mol. The predicted octanol–water partition coefficient (Wildman–Crippen LogP) is 5.73. The number of nitrogens with one attached hydrogen (secondary N) is 1. The van der Waals surface area contributed by atoms with E-state index in [0.717, 1.165) is 24.3 Å². The van der Waals surface area contributed by atoms with Crippen LogP contribution >= 0.6 is 0 Å². The van der Waals surface area contributed by atoms with E-state index >= 15 is 0 Å². The SMILES string of the molecule is CCN1C(=O)c2cc(NC(=O)c3ccc(C(F)(F)F)cc3)ccc2Oc2ccccc21. The fraction of sp³-hybridized carbons (Fsp3) is 0.130. The van der Waals surface area contributed by atoms with Crippen molar-refractivity contribution in [1.82, 2.24) is 0 Å². The molecule has 5 nitrogen and oxygen atoms in total. The summed E-state index contributed by atoms with van der Waals surface area (Å²) in [5.74, 6) is 0.0123. The van der Waals surface area contributed by atoms with Crippen molar-refractivity contribution in [3.63, 3.8) is 0 Å². The summed E-state index contributed by atoms with van der Waals surface area (Å²) in [5, 5.41) is 2.62. The van der Waals surface area contributed by atoms with Gasteiger partial charge in [-0.15, -0.1) is 0 Å². The molecule has 0 aliphatic carbocycles. The van der Waals surface area contributed by atoms with Crippen LogP contribution in [-0.4, -0.2) is 18.4 Å². The molecule has 8 heteroatoms. The second-order valence-corrected chi connectivity index (χ2v) is 6.86. The van der Waals surface area contributed by atoms with Gasteiger partial charge in [0.25, 0.3) is 11.8 Å². The molecule has 2 amide bonds. The maximum absolute atomic E-state index is 13.1. The number of rotatable bonds is 3. The minimum Gasteiger partial charge on any atom is -0.454 e. The van der Waals surface area contributed by atoms with Crippen LogP contribution in [0.25, 0.3) is 0 Å². The zero-order valence-electron chi connectivity index (χ0n) is 16.4. The fourth-order valence-corrected chi connectivity index (χ4v) is 3.33. The number of ether oxygens (including phenoxy) is 1. The molecule has 1 aliphatic heterocycles. The minimum absolute atomic E-state index is 0.0631. The minimum atomic E-state index is -4.48. The molecule has 0 aromatic heterocycles. The van der Waals surface area contributed by atoms with Gasteiger partial charge in [0, 0.05) is 17.8 Å². The van der Waals surface area contributed by atoms with Crippen LogP contribution < -0.4 is 15.0 Å². The lowest BCUT2D eigenvalue weighted by atomic mass is 10.1. The molecule has 0 spiro atoms. The molecule has 1 heterocycles. The lowest BCUT2D eigenvalue weighted by molar-refractivity contribution is -0.137. The molecule has 0 saturated carbocycles. The Morgan fingerprint density at radius 2 is 1.71 bits per heavy atom. The lowest BCUT2D eigenvalue weighted by Crippen LogP contribution is -2.29. The van der Waals surface area contributed by atoms with Crippen molar-refractivity contribution in [3.05, 3.63) is 83.4 Å². The number of anilines is 2. The van der Waals surface area contributed by atoms with Crippen LogP contribution in [0.1, 0.15) is 33.2 Å². The normalized spacial score (nSPS) is 13.0. The summed E-state index contributed by atoms with van der Waals surface area (Å²) in [4.78, 5) is 27.1. The quantitative estimate of drug-likeness (QED) is 0.582. The van der Waals surface area contributed by atoms with Crippen LogP contribution in [0.2, 0.25) is 0 Å². The average Bonchev–Trinajstić information content (AvgIpc) is 2.87. The molecule has 4 rings (SSSR count). The van der Waals surface area contributed by atoms with Crippen molar-refractivity contribution in [1.29, 1.82) is 0 Å². The Bertz CT molecular complexity index is 1160. The first-order valence-corrected chi connectivity index (χ1v) is 9.49. The van der Waals surface area contributed by atoms with Gasteiger partial charge < -0.3 is 15.0 Å². The van der Waals surface area contributed by atoms with Gasteiger partial charge in [0.2, 0.25) is 0 Å². The third kappa shape index (κ3) is 3.96. The largest absolute Gasteiger partial charge is 0.454 e. The molecule has 0 saturated heterocycles. The van der Waals surface area contributed by atoms with E-state index in [1.54, 1.807) is 35.2 Å². The van der Waals surface area contributed by atoms with Crippen molar-refractivity contribution in [2.24, 2.45) is 0 Å². The van der Waals surface area contributed by atoms with Gasteiger partial charge >= 0.3 is 6.18 Å². The van der Waals surface area contributed by atoms with Crippen molar-refractivity contribution in [2.75, 3.05) is 16.8 Å². The number of benzene rings is 3. The van der Waals surface area contributed by atoms with Crippen LogP contribution in [0.5, 0.6) is 11.5 Å². The lowest BCUT2D eigenvalue weighted by Gasteiger charge is -2.19. The van der Waals surface area contributed by atoms with Gasteiger partial charge in [-0.2, -0.15) is 13.2 Å². The first-order chi connectivity index (χ1) is 14.8. The highest BCUT2D eigenvalue weighted by Gasteiger charge is 2.30. The van der Waals surface area contributed by atoms with Gasteiger partial charge in [-0.1, -0.05) is 12.1 Å². The van der Waals surface area contributed by atoms with Gasteiger partial charge in [0.05, 0.1) is 16.8 Å². The summed E-state index contributed by atoms with van der Waals surface area (Å²) in [6, 6.07) is 15.7. The maximum atomic E-state index is 13.1. The van der Waals surface area contributed by atoms with E-state index in [4.69, 9.17) is 4.74 Å². The number of hydrogen-bond donors (Lipinski definition) is 1. The van der Waals surface area contributed by atoms with Gasteiger partial charge in [0.1, 0.15) is 5.75 Å². The number of nitrogens with zero attached hydrogens (tertiary/aromatic N) is 1. The Morgan fingerprint density at radius 3 is 2.39 bits per heavy atom. The highest BCUT2D eigenvalue weighted by Crippen LogP contribution is 2.39. The van der Waals surface area contributed by atoms with Crippen molar-refractivity contribution >= 4 is 23.2 Å². The molecule has 0 atom stereocenters. The maximum Gasteiger partial charge on any atom is 0.416 e. The number of carbonyl (C=O) groups excluding carboxylic acids is 2. The number of para-hydroxylation sites is 2. The molecular formula is C23H17F3N2O3. The standard InChI is InChI=1S/C23H17F3N2O3/c1-2-28-18-5-3-4-6-20(18)31-19-12-11-16(13-17(19)22(28)30)27-21(29)14-7-9-15(10-8-14)23(24,25)26/h3-13H,2H2,1H3,(H,27,29). The number of hydrogen-bond acceptors (Lipinski definition) is 3. The molecule has 3 aromatic carbocycles. The Labute approximate surface area is 176 Å². The Morgan fingerprint density at radius 1 is 1.00 bits per heavy atom. The Balaban J connectivity index is 1.61. The monoisotopic (exact) mass is 426 g/mol. The van der Waals surface area contributed by atoms with Crippen molar-refractivity contribution in [2.45, 2.75) is 13.1 Å². The predicted molar refractivity (Wildman–Crippen MR) is 110 cm³/mol. The summed E-state index contributed by atoms with van der Waals surface area (Å²) in [7, 11) is 0. The third-order valence-corrected chi connectivity index (χ3v) is 4.88. The smallest absolute Gasteiger partial charge is 0.416 e. The third-order valence-electron chi connectivity index (χ3n) is 4.88. The summed E-state index contributed by atoms with van der Waals surface area (Å²) in [6.07, 6.45) is -4.48. The highest BCUT2D eigenvalue weighted by atomic mass is 19.4. The van der Waals surface area contributed by atoms with Crippen LogP contribution in [0.4, 0.5) is 24.5 Å². The summed E-state index contributed by atoms with van der Waals surface area (Å²) in [6.45, 7) is 2.26. The molecule has 0 bridgehead atoms. The van der Waals surface area contributed by atoms with E-state index in [0.29, 0.717) is 29.4 Å². The number of halogens is 3. The molecule has 158 valence electrons. The number of amides is 2. The van der Waals surface area contributed by atoms with E-state index in [1.807, 2.05) is 13.0 Å². The number of fused-ring (bicyclic) bond motifs is 2.